The van der Waals surface area contributed by atoms with Gasteiger partial charge in [-0.2, -0.15) is 0 Å². The van der Waals surface area contributed by atoms with Crippen LogP contribution >= 0.6 is 24.0 Å². The lowest BCUT2D eigenvalue weighted by Crippen LogP contribution is -2.47. The summed E-state index contributed by atoms with van der Waals surface area (Å²) in [5.41, 5.74) is 0.465. The van der Waals surface area contributed by atoms with Crippen LogP contribution in [0.5, 0.6) is 0 Å². The SMILES string of the molecule is CCNC(=NCC1(CO)CC1)NCC1(CCOC)CCC1.I. The van der Waals surface area contributed by atoms with Gasteiger partial charge in [0.1, 0.15) is 0 Å². The normalized spacial score (nSPS) is 21.5. The second-order valence-electron chi connectivity index (χ2n) is 6.80. The number of methoxy groups -OCH3 is 1. The summed E-state index contributed by atoms with van der Waals surface area (Å²) >= 11 is 0. The van der Waals surface area contributed by atoms with Gasteiger partial charge in [-0.3, -0.25) is 4.99 Å². The molecule has 0 aromatic heterocycles. The summed E-state index contributed by atoms with van der Waals surface area (Å²) in [5.74, 6) is 0.890. The molecular formula is C16H32IN3O2. The van der Waals surface area contributed by atoms with Crippen LogP contribution in [0.25, 0.3) is 0 Å². The molecule has 0 aromatic rings. The monoisotopic (exact) mass is 425 g/mol. The highest BCUT2D eigenvalue weighted by Crippen LogP contribution is 2.45. The highest BCUT2D eigenvalue weighted by Gasteiger charge is 2.42. The molecule has 2 aliphatic rings. The third-order valence-corrected chi connectivity index (χ3v) is 5.09. The number of nitrogens with zero attached hydrogens (tertiary/aromatic N) is 1. The van der Waals surface area contributed by atoms with E-state index in [4.69, 9.17) is 4.74 Å². The minimum Gasteiger partial charge on any atom is -0.396 e. The lowest BCUT2D eigenvalue weighted by Gasteiger charge is -2.42. The first-order valence-electron chi connectivity index (χ1n) is 8.30. The predicted octanol–water partition coefficient (Wildman–Crippen LogP) is 2.14. The number of hydrogen-bond donors (Lipinski definition) is 3. The zero-order valence-electron chi connectivity index (χ0n) is 14.0. The Morgan fingerprint density at radius 1 is 1.18 bits per heavy atom. The molecule has 0 amide bonds. The molecule has 0 aromatic carbocycles. The second-order valence-corrected chi connectivity index (χ2v) is 6.80. The van der Waals surface area contributed by atoms with Gasteiger partial charge in [0.2, 0.25) is 0 Å². The maximum Gasteiger partial charge on any atom is 0.191 e. The summed E-state index contributed by atoms with van der Waals surface area (Å²) in [7, 11) is 1.77. The summed E-state index contributed by atoms with van der Waals surface area (Å²) in [4.78, 5) is 4.66. The van der Waals surface area contributed by atoms with Gasteiger partial charge >= 0.3 is 0 Å². The fraction of sp³-hybridized carbons (Fsp3) is 0.938. The topological polar surface area (TPSA) is 65.9 Å². The standard InChI is InChI=1S/C16H31N3O2.HI/c1-3-17-14(19-12-16(13-20)7-8-16)18-11-15(5-4-6-15)9-10-21-2;/h20H,3-13H2,1-2H3,(H2,17,18,19);1H. The van der Waals surface area contributed by atoms with E-state index in [0.29, 0.717) is 5.41 Å². The third-order valence-electron chi connectivity index (χ3n) is 5.09. The van der Waals surface area contributed by atoms with Crippen LogP contribution in [-0.2, 0) is 4.74 Å². The molecule has 0 bridgehead atoms. The zero-order valence-corrected chi connectivity index (χ0v) is 16.3. The molecule has 2 rings (SSSR count). The summed E-state index contributed by atoms with van der Waals surface area (Å²) in [6.45, 7) is 5.73. The van der Waals surface area contributed by atoms with Crippen molar-refractivity contribution in [3.8, 4) is 0 Å². The minimum absolute atomic E-state index is 0. The lowest BCUT2D eigenvalue weighted by atomic mass is 9.67. The van der Waals surface area contributed by atoms with Crippen molar-refractivity contribution in [2.75, 3.05) is 40.0 Å². The average Bonchev–Trinajstić information content (AvgIpc) is 3.23. The van der Waals surface area contributed by atoms with Gasteiger partial charge < -0.3 is 20.5 Å². The Balaban J connectivity index is 0.00000242. The van der Waals surface area contributed by atoms with Gasteiger partial charge in [-0.25, -0.2) is 0 Å². The largest absolute Gasteiger partial charge is 0.396 e. The summed E-state index contributed by atoms with van der Waals surface area (Å²) in [5, 5.41) is 16.2. The molecule has 2 fully saturated rings. The van der Waals surface area contributed by atoms with E-state index in [1.54, 1.807) is 7.11 Å². The number of hydrogen-bond acceptors (Lipinski definition) is 3. The van der Waals surface area contributed by atoms with E-state index in [2.05, 4.69) is 22.5 Å². The van der Waals surface area contributed by atoms with Gasteiger partial charge in [0.25, 0.3) is 0 Å². The van der Waals surface area contributed by atoms with Gasteiger partial charge in [0.05, 0.1) is 13.2 Å². The highest BCUT2D eigenvalue weighted by molar-refractivity contribution is 14.0. The molecule has 0 atom stereocenters. The molecule has 0 spiro atoms. The van der Waals surface area contributed by atoms with E-state index in [9.17, 15) is 5.11 Å². The van der Waals surface area contributed by atoms with Crippen LogP contribution < -0.4 is 10.6 Å². The molecule has 0 saturated heterocycles. The quantitative estimate of drug-likeness (QED) is 0.301. The Morgan fingerprint density at radius 3 is 2.36 bits per heavy atom. The van der Waals surface area contributed by atoms with Crippen LogP contribution in [0.15, 0.2) is 4.99 Å². The van der Waals surface area contributed by atoms with Crippen LogP contribution in [0.2, 0.25) is 0 Å². The van der Waals surface area contributed by atoms with E-state index < -0.39 is 0 Å². The van der Waals surface area contributed by atoms with E-state index >= 15 is 0 Å². The van der Waals surface area contributed by atoms with Crippen LogP contribution in [0.3, 0.4) is 0 Å². The number of aliphatic imine (C=N–C) groups is 1. The zero-order chi connectivity index (χ0) is 15.2. The van der Waals surface area contributed by atoms with E-state index in [0.717, 1.165) is 51.5 Å². The van der Waals surface area contributed by atoms with Crippen molar-refractivity contribution >= 4 is 29.9 Å². The Bertz CT molecular complexity index is 355. The van der Waals surface area contributed by atoms with Crippen molar-refractivity contribution in [1.82, 2.24) is 10.6 Å². The van der Waals surface area contributed by atoms with Gasteiger partial charge in [-0.05, 0) is 44.4 Å². The fourth-order valence-corrected chi connectivity index (χ4v) is 2.91. The number of guanidine groups is 1. The van der Waals surface area contributed by atoms with E-state index in [-0.39, 0.29) is 36.0 Å². The van der Waals surface area contributed by atoms with Crippen molar-refractivity contribution in [3.05, 3.63) is 0 Å². The van der Waals surface area contributed by atoms with Gasteiger partial charge in [-0.15, -0.1) is 24.0 Å². The van der Waals surface area contributed by atoms with Crippen LogP contribution in [0.1, 0.15) is 45.4 Å². The Kier molecular flexibility index (Phi) is 8.42. The third kappa shape index (κ3) is 5.53. The van der Waals surface area contributed by atoms with Crippen LogP contribution in [0.4, 0.5) is 0 Å². The van der Waals surface area contributed by atoms with Crippen molar-refractivity contribution in [3.63, 3.8) is 0 Å². The molecule has 0 heterocycles. The lowest BCUT2D eigenvalue weighted by molar-refractivity contribution is 0.0732. The molecular weight excluding hydrogens is 393 g/mol. The number of halogens is 1. The van der Waals surface area contributed by atoms with Crippen LogP contribution in [-0.4, -0.2) is 51.0 Å². The molecule has 0 radical (unpaired) electrons. The molecule has 0 aliphatic heterocycles. The first kappa shape index (κ1) is 20.0. The van der Waals surface area contributed by atoms with Crippen molar-refractivity contribution < 1.29 is 9.84 Å². The van der Waals surface area contributed by atoms with Crippen LogP contribution in [0, 0.1) is 10.8 Å². The fourth-order valence-electron chi connectivity index (χ4n) is 2.91. The summed E-state index contributed by atoms with van der Waals surface area (Å²) in [6, 6.07) is 0. The van der Waals surface area contributed by atoms with E-state index in [1.807, 2.05) is 0 Å². The van der Waals surface area contributed by atoms with Gasteiger partial charge in [0.15, 0.2) is 5.96 Å². The Morgan fingerprint density at radius 2 is 1.91 bits per heavy atom. The maximum absolute atomic E-state index is 9.38. The van der Waals surface area contributed by atoms with Crippen molar-refractivity contribution in [2.45, 2.75) is 45.4 Å². The molecule has 2 saturated carbocycles. The maximum atomic E-state index is 9.38. The molecule has 130 valence electrons. The molecule has 22 heavy (non-hydrogen) atoms. The summed E-state index contributed by atoms with van der Waals surface area (Å²) < 4.78 is 5.24. The number of rotatable bonds is 9. The number of aliphatic hydroxyl groups excluding tert-OH is 1. The minimum atomic E-state index is 0. The molecule has 6 heteroatoms. The summed E-state index contributed by atoms with van der Waals surface area (Å²) in [6.07, 6.45) is 7.21. The van der Waals surface area contributed by atoms with E-state index in [1.165, 1.54) is 19.3 Å². The molecule has 2 aliphatic carbocycles. The second kappa shape index (κ2) is 9.27. The van der Waals surface area contributed by atoms with Crippen molar-refractivity contribution in [1.29, 1.82) is 0 Å². The highest BCUT2D eigenvalue weighted by atomic mass is 127. The number of ether oxygens (including phenoxy) is 1. The average molecular weight is 425 g/mol. The predicted molar refractivity (Wildman–Crippen MR) is 101 cm³/mol. The Hall–Kier alpha value is -0.0800. The Labute approximate surface area is 151 Å². The number of nitrogens with one attached hydrogen (secondary N) is 2. The van der Waals surface area contributed by atoms with Gasteiger partial charge in [0, 0.05) is 32.2 Å². The first-order chi connectivity index (χ1) is 10.2. The first-order valence-corrected chi connectivity index (χ1v) is 8.30. The molecule has 5 nitrogen and oxygen atoms in total. The van der Waals surface area contributed by atoms with Crippen molar-refractivity contribution in [2.24, 2.45) is 15.8 Å². The molecule has 0 unspecified atom stereocenters. The van der Waals surface area contributed by atoms with Gasteiger partial charge in [-0.1, -0.05) is 6.42 Å². The molecule has 3 N–H and O–H groups in total. The number of aliphatic hydroxyl groups is 1. The smallest absolute Gasteiger partial charge is 0.191 e.